The van der Waals surface area contributed by atoms with Gasteiger partial charge in [0.05, 0.1) is 6.20 Å². The molecule has 1 unspecified atom stereocenters. The van der Waals surface area contributed by atoms with Crippen molar-refractivity contribution in [2.24, 2.45) is 5.73 Å². The first-order valence-electron chi connectivity index (χ1n) is 9.95. The number of furan rings is 1. The smallest absolute Gasteiger partial charge is 0.232 e. The summed E-state index contributed by atoms with van der Waals surface area (Å²) in [5, 5.41) is 5.74. The highest BCUT2D eigenvalue weighted by molar-refractivity contribution is 5.82. The molecule has 5 rings (SSSR count). The minimum absolute atomic E-state index is 0.498. The molecule has 0 amide bonds. The summed E-state index contributed by atoms with van der Waals surface area (Å²) in [5.41, 5.74) is 8.68. The lowest BCUT2D eigenvalue weighted by Gasteiger charge is -2.30. The number of nitrogens with zero attached hydrogens (tertiary/aromatic N) is 3. The van der Waals surface area contributed by atoms with Gasteiger partial charge in [-0.2, -0.15) is 0 Å². The number of benzene rings is 2. The molecule has 0 saturated heterocycles. The van der Waals surface area contributed by atoms with E-state index in [2.05, 4.69) is 4.98 Å². The lowest BCUT2D eigenvalue weighted by molar-refractivity contribution is 0.0724. The van der Waals surface area contributed by atoms with Gasteiger partial charge < -0.3 is 14.9 Å². The first-order chi connectivity index (χ1) is 14.7. The molecule has 2 N–H and O–H groups in total. The van der Waals surface area contributed by atoms with Crippen molar-refractivity contribution in [3.05, 3.63) is 84.6 Å². The van der Waals surface area contributed by atoms with Crippen molar-refractivity contribution in [2.45, 2.75) is 18.9 Å². The SMILES string of the molecule is CC(CCN)(Oc1ccc2ncc(-c3cc4ccccc4o3)n2n1)c1ccccc1. The van der Waals surface area contributed by atoms with Gasteiger partial charge in [-0.1, -0.05) is 48.5 Å². The maximum Gasteiger partial charge on any atom is 0.232 e. The van der Waals surface area contributed by atoms with Crippen molar-refractivity contribution < 1.29 is 9.15 Å². The van der Waals surface area contributed by atoms with Gasteiger partial charge in [-0.3, -0.25) is 0 Å². The molecule has 2 aromatic carbocycles. The van der Waals surface area contributed by atoms with Gasteiger partial charge >= 0.3 is 0 Å². The molecule has 5 aromatic rings. The van der Waals surface area contributed by atoms with Gasteiger partial charge in [-0.15, -0.1) is 5.10 Å². The second-order valence-corrected chi connectivity index (χ2v) is 7.47. The second kappa shape index (κ2) is 7.31. The Balaban J connectivity index is 1.55. The molecule has 3 heterocycles. The Morgan fingerprint density at radius 1 is 1.03 bits per heavy atom. The van der Waals surface area contributed by atoms with E-state index in [0.717, 1.165) is 27.9 Å². The minimum atomic E-state index is -0.587. The summed E-state index contributed by atoms with van der Waals surface area (Å²) >= 11 is 0. The highest BCUT2D eigenvalue weighted by Crippen LogP contribution is 2.32. The molecule has 30 heavy (non-hydrogen) atoms. The quantitative estimate of drug-likeness (QED) is 0.445. The van der Waals surface area contributed by atoms with Crippen molar-refractivity contribution in [2.75, 3.05) is 6.54 Å². The Labute approximate surface area is 173 Å². The zero-order valence-electron chi connectivity index (χ0n) is 16.7. The lowest BCUT2D eigenvalue weighted by atomic mass is 9.92. The molecule has 0 spiro atoms. The van der Waals surface area contributed by atoms with Crippen LogP contribution in [-0.4, -0.2) is 21.1 Å². The van der Waals surface area contributed by atoms with Gasteiger partial charge in [0.25, 0.3) is 0 Å². The predicted molar refractivity (Wildman–Crippen MR) is 116 cm³/mol. The van der Waals surface area contributed by atoms with Crippen molar-refractivity contribution in [3.8, 4) is 17.3 Å². The highest BCUT2D eigenvalue weighted by atomic mass is 16.5. The van der Waals surface area contributed by atoms with E-state index in [0.29, 0.717) is 24.6 Å². The van der Waals surface area contributed by atoms with Gasteiger partial charge in [0.2, 0.25) is 5.88 Å². The van der Waals surface area contributed by atoms with E-state index in [4.69, 9.17) is 20.0 Å². The van der Waals surface area contributed by atoms with Crippen molar-refractivity contribution in [1.29, 1.82) is 0 Å². The van der Waals surface area contributed by atoms with Crippen LogP contribution in [0.5, 0.6) is 5.88 Å². The van der Waals surface area contributed by atoms with E-state index in [1.165, 1.54) is 0 Å². The van der Waals surface area contributed by atoms with Crippen LogP contribution in [0.2, 0.25) is 0 Å². The number of rotatable bonds is 6. The van der Waals surface area contributed by atoms with Crippen LogP contribution in [0.25, 0.3) is 28.1 Å². The van der Waals surface area contributed by atoms with Crippen LogP contribution < -0.4 is 10.5 Å². The maximum atomic E-state index is 6.39. The zero-order valence-corrected chi connectivity index (χ0v) is 16.7. The molecule has 3 aromatic heterocycles. The summed E-state index contributed by atoms with van der Waals surface area (Å²) in [6.45, 7) is 2.54. The lowest BCUT2D eigenvalue weighted by Crippen LogP contribution is -2.32. The molecule has 6 heteroatoms. The monoisotopic (exact) mass is 398 g/mol. The summed E-state index contributed by atoms with van der Waals surface area (Å²) in [6, 6.07) is 23.7. The molecule has 1 atom stereocenters. The van der Waals surface area contributed by atoms with E-state index in [1.54, 1.807) is 10.7 Å². The standard InChI is InChI=1S/C24H22N4O2/c1-24(13-14-25,18-8-3-2-4-9-18)30-23-12-11-22-26-16-19(28(22)27-23)21-15-17-7-5-6-10-20(17)29-21/h2-12,15-16H,13-14,25H2,1H3. The van der Waals surface area contributed by atoms with Gasteiger partial charge in [-0.25, -0.2) is 9.50 Å². The topological polar surface area (TPSA) is 78.6 Å². The van der Waals surface area contributed by atoms with Crippen molar-refractivity contribution >= 4 is 16.6 Å². The zero-order chi connectivity index (χ0) is 20.6. The maximum absolute atomic E-state index is 6.39. The number of fused-ring (bicyclic) bond motifs is 2. The Hall–Kier alpha value is -3.64. The average molecular weight is 398 g/mol. The molecule has 150 valence electrons. The fraction of sp³-hybridized carbons (Fsp3) is 0.167. The number of hydrogen-bond donors (Lipinski definition) is 1. The number of para-hydroxylation sites is 1. The summed E-state index contributed by atoms with van der Waals surface area (Å²) in [5.74, 6) is 1.21. The highest BCUT2D eigenvalue weighted by Gasteiger charge is 2.29. The number of imidazole rings is 1. The van der Waals surface area contributed by atoms with Gasteiger partial charge in [-0.05, 0) is 37.2 Å². The normalized spacial score (nSPS) is 13.5. The van der Waals surface area contributed by atoms with Gasteiger partial charge in [0.15, 0.2) is 11.4 Å². The summed E-state index contributed by atoms with van der Waals surface area (Å²) in [4.78, 5) is 4.46. The summed E-state index contributed by atoms with van der Waals surface area (Å²) < 4.78 is 14.1. The van der Waals surface area contributed by atoms with Crippen LogP contribution in [0.15, 0.2) is 83.4 Å². The first-order valence-corrected chi connectivity index (χ1v) is 9.95. The van der Waals surface area contributed by atoms with E-state index >= 15 is 0 Å². The number of ether oxygens (including phenoxy) is 1. The van der Waals surface area contributed by atoms with Gasteiger partial charge in [0.1, 0.15) is 16.9 Å². The largest absolute Gasteiger partial charge is 0.465 e. The molecule has 0 saturated carbocycles. The second-order valence-electron chi connectivity index (χ2n) is 7.47. The minimum Gasteiger partial charge on any atom is -0.465 e. The van der Waals surface area contributed by atoms with Crippen LogP contribution in [-0.2, 0) is 5.60 Å². The van der Waals surface area contributed by atoms with Crippen LogP contribution in [0, 0.1) is 0 Å². The average Bonchev–Trinajstić information content (AvgIpc) is 3.38. The van der Waals surface area contributed by atoms with E-state index in [-0.39, 0.29) is 0 Å². The van der Waals surface area contributed by atoms with Crippen molar-refractivity contribution in [3.63, 3.8) is 0 Å². The summed E-state index contributed by atoms with van der Waals surface area (Å²) in [7, 11) is 0. The van der Waals surface area contributed by atoms with Crippen LogP contribution in [0.3, 0.4) is 0 Å². The molecular weight excluding hydrogens is 376 g/mol. The molecule has 6 nitrogen and oxygen atoms in total. The Kier molecular flexibility index (Phi) is 4.48. The fourth-order valence-electron chi connectivity index (χ4n) is 3.74. The third kappa shape index (κ3) is 3.21. The van der Waals surface area contributed by atoms with E-state index < -0.39 is 5.60 Å². The Bertz CT molecular complexity index is 1280. The van der Waals surface area contributed by atoms with Crippen LogP contribution in [0.1, 0.15) is 18.9 Å². The number of nitrogens with two attached hydrogens (primary N) is 1. The third-order valence-corrected chi connectivity index (χ3v) is 5.35. The molecular formula is C24H22N4O2. The Morgan fingerprint density at radius 3 is 2.63 bits per heavy atom. The number of aromatic nitrogens is 3. The van der Waals surface area contributed by atoms with E-state index in [9.17, 15) is 0 Å². The van der Waals surface area contributed by atoms with E-state index in [1.807, 2.05) is 79.7 Å². The summed E-state index contributed by atoms with van der Waals surface area (Å²) in [6.07, 6.45) is 2.43. The molecule has 0 radical (unpaired) electrons. The van der Waals surface area contributed by atoms with Gasteiger partial charge in [0, 0.05) is 17.9 Å². The molecule has 0 fully saturated rings. The molecule has 0 aliphatic rings. The molecule has 0 aliphatic carbocycles. The fourth-order valence-corrected chi connectivity index (χ4v) is 3.74. The van der Waals surface area contributed by atoms with Crippen molar-refractivity contribution in [1.82, 2.24) is 14.6 Å². The van der Waals surface area contributed by atoms with Crippen LogP contribution >= 0.6 is 0 Å². The molecule has 0 bridgehead atoms. The number of hydrogen-bond acceptors (Lipinski definition) is 5. The molecule has 0 aliphatic heterocycles. The van der Waals surface area contributed by atoms with Crippen LogP contribution in [0.4, 0.5) is 0 Å². The Morgan fingerprint density at radius 2 is 1.83 bits per heavy atom. The third-order valence-electron chi connectivity index (χ3n) is 5.35. The predicted octanol–water partition coefficient (Wildman–Crippen LogP) is 4.79. The first kappa shape index (κ1) is 18.4.